The summed E-state index contributed by atoms with van der Waals surface area (Å²) in [5, 5.41) is 39.7. The lowest BCUT2D eigenvalue weighted by molar-refractivity contribution is -0.231. The van der Waals surface area contributed by atoms with E-state index < -0.39 is 37.1 Å². The number of rotatable bonds is 4. The van der Waals surface area contributed by atoms with Crippen LogP contribution in [0, 0.1) is 5.92 Å². The van der Waals surface area contributed by atoms with Gasteiger partial charge in [0.2, 0.25) is 0 Å². The fourth-order valence-corrected chi connectivity index (χ4v) is 4.40. The quantitative estimate of drug-likeness (QED) is 0.649. The summed E-state index contributed by atoms with van der Waals surface area (Å²) in [5.74, 6) is 0.549. The van der Waals surface area contributed by atoms with Crippen molar-refractivity contribution in [3.8, 4) is 0 Å². The van der Waals surface area contributed by atoms with Crippen LogP contribution in [-0.4, -0.2) is 51.4 Å². The number of fused-ring (bicyclic) bond motifs is 1. The van der Waals surface area contributed by atoms with Crippen LogP contribution >= 0.6 is 0 Å². The number of aliphatic hydroxyl groups excluding tert-OH is 4. The molecule has 2 unspecified atom stereocenters. The van der Waals surface area contributed by atoms with Gasteiger partial charge in [-0.25, -0.2) is 0 Å². The first-order chi connectivity index (χ1) is 13.1. The van der Waals surface area contributed by atoms with Gasteiger partial charge in [-0.2, -0.15) is 0 Å². The molecule has 5 atom stereocenters. The average Bonchev–Trinajstić information content (AvgIpc) is 3.09. The van der Waals surface area contributed by atoms with E-state index in [1.807, 2.05) is 18.2 Å². The van der Waals surface area contributed by atoms with E-state index in [2.05, 4.69) is 30.3 Å². The number of hydrogen-bond acceptors (Lipinski definition) is 5. The molecule has 4 N–H and O–H groups in total. The maximum atomic E-state index is 10.4. The topological polar surface area (TPSA) is 90.2 Å². The molecule has 2 aliphatic rings. The second-order valence-corrected chi connectivity index (χ2v) is 7.74. The van der Waals surface area contributed by atoms with Gasteiger partial charge in [0.15, 0.2) is 0 Å². The fraction of sp³-hybridized carbons (Fsp3) is 0.455. The van der Waals surface area contributed by atoms with Crippen LogP contribution in [0.4, 0.5) is 0 Å². The Morgan fingerprint density at radius 2 is 1.56 bits per heavy atom. The highest BCUT2D eigenvalue weighted by molar-refractivity contribution is 5.34. The van der Waals surface area contributed by atoms with Gasteiger partial charge in [0.25, 0.3) is 0 Å². The lowest BCUT2D eigenvalue weighted by Gasteiger charge is -2.40. The second-order valence-electron chi connectivity index (χ2n) is 7.74. The van der Waals surface area contributed by atoms with Gasteiger partial charge in [0, 0.05) is 0 Å². The van der Waals surface area contributed by atoms with Crippen molar-refractivity contribution >= 4 is 0 Å². The van der Waals surface area contributed by atoms with Gasteiger partial charge in [-0.05, 0) is 47.4 Å². The van der Waals surface area contributed by atoms with Crippen molar-refractivity contribution in [2.24, 2.45) is 5.92 Å². The highest BCUT2D eigenvalue weighted by Gasteiger charge is 2.43. The predicted molar refractivity (Wildman–Crippen MR) is 100 cm³/mol. The van der Waals surface area contributed by atoms with Gasteiger partial charge in [0.05, 0.1) is 6.61 Å². The van der Waals surface area contributed by atoms with Crippen molar-refractivity contribution in [1.29, 1.82) is 0 Å². The van der Waals surface area contributed by atoms with Crippen LogP contribution in [-0.2, 0) is 24.0 Å². The molecule has 144 valence electrons. The number of ether oxygens (including phenoxy) is 1. The number of aliphatic hydroxyl groups is 4. The third-order valence-electron chi connectivity index (χ3n) is 5.83. The molecule has 0 spiro atoms. The smallest absolute Gasteiger partial charge is 0.113 e. The maximum Gasteiger partial charge on any atom is 0.113 e. The maximum absolute atomic E-state index is 10.4. The Kier molecular flexibility index (Phi) is 5.30. The zero-order valence-electron chi connectivity index (χ0n) is 15.1. The molecule has 0 aromatic heterocycles. The number of benzene rings is 2. The molecule has 5 heteroatoms. The van der Waals surface area contributed by atoms with Gasteiger partial charge in [-0.15, -0.1) is 0 Å². The molecule has 1 heterocycles. The molecular formula is C22H26O5. The van der Waals surface area contributed by atoms with Gasteiger partial charge >= 0.3 is 0 Å². The molecule has 0 radical (unpaired) electrons. The summed E-state index contributed by atoms with van der Waals surface area (Å²) in [6.07, 6.45) is -2.52. The van der Waals surface area contributed by atoms with Crippen molar-refractivity contribution in [1.82, 2.24) is 0 Å². The first kappa shape index (κ1) is 18.6. The molecule has 4 rings (SSSR count). The van der Waals surface area contributed by atoms with Crippen molar-refractivity contribution in [3.63, 3.8) is 0 Å². The lowest BCUT2D eigenvalue weighted by Crippen LogP contribution is -2.55. The third-order valence-corrected chi connectivity index (χ3v) is 5.83. The van der Waals surface area contributed by atoms with Gasteiger partial charge < -0.3 is 25.2 Å². The van der Waals surface area contributed by atoms with E-state index in [0.29, 0.717) is 5.92 Å². The van der Waals surface area contributed by atoms with Crippen molar-refractivity contribution in [3.05, 3.63) is 70.8 Å². The minimum absolute atomic E-state index is 0.415. The first-order valence-corrected chi connectivity index (χ1v) is 9.53. The summed E-state index contributed by atoms with van der Waals surface area (Å²) >= 11 is 0. The fourth-order valence-electron chi connectivity index (χ4n) is 4.40. The first-order valence-electron chi connectivity index (χ1n) is 9.53. The molecule has 1 aliphatic heterocycles. The molecule has 0 saturated carbocycles. The zero-order valence-corrected chi connectivity index (χ0v) is 15.1. The summed E-state index contributed by atoms with van der Waals surface area (Å²) in [6, 6.07) is 16.4. The van der Waals surface area contributed by atoms with E-state index in [1.54, 1.807) is 0 Å². The van der Waals surface area contributed by atoms with E-state index in [9.17, 15) is 20.4 Å². The summed E-state index contributed by atoms with van der Waals surface area (Å²) in [6.45, 7) is -0.415. The largest absolute Gasteiger partial charge is 0.394 e. The highest BCUT2D eigenvalue weighted by Crippen LogP contribution is 2.34. The Labute approximate surface area is 158 Å². The summed E-state index contributed by atoms with van der Waals surface area (Å²) in [7, 11) is 0. The molecule has 5 nitrogen and oxygen atoms in total. The van der Waals surface area contributed by atoms with Gasteiger partial charge in [-0.3, -0.25) is 0 Å². The van der Waals surface area contributed by atoms with Crippen LogP contribution in [0.1, 0.15) is 28.4 Å². The molecule has 1 aliphatic carbocycles. The molecule has 0 amide bonds. The van der Waals surface area contributed by atoms with Crippen LogP contribution in [0.15, 0.2) is 48.5 Å². The zero-order chi connectivity index (χ0) is 19.0. The monoisotopic (exact) mass is 370 g/mol. The Balaban J connectivity index is 1.49. The van der Waals surface area contributed by atoms with E-state index in [4.69, 9.17) is 4.74 Å². The van der Waals surface area contributed by atoms with E-state index in [0.717, 1.165) is 30.4 Å². The Morgan fingerprint density at radius 1 is 0.852 bits per heavy atom. The predicted octanol–water partition coefficient (Wildman–Crippen LogP) is 1.16. The van der Waals surface area contributed by atoms with Crippen LogP contribution in [0.3, 0.4) is 0 Å². The average molecular weight is 370 g/mol. The lowest BCUT2D eigenvalue weighted by atomic mass is 9.89. The molecule has 1 saturated heterocycles. The summed E-state index contributed by atoms with van der Waals surface area (Å²) < 4.78 is 5.68. The molecule has 2 aromatic carbocycles. The molecule has 0 bridgehead atoms. The third kappa shape index (κ3) is 3.66. The van der Waals surface area contributed by atoms with E-state index >= 15 is 0 Å². The normalized spacial score (nSPS) is 31.0. The van der Waals surface area contributed by atoms with Crippen LogP contribution in [0.5, 0.6) is 0 Å². The second kappa shape index (κ2) is 7.70. The van der Waals surface area contributed by atoms with Crippen LogP contribution in [0.25, 0.3) is 0 Å². The van der Waals surface area contributed by atoms with E-state index in [1.165, 1.54) is 11.1 Å². The van der Waals surface area contributed by atoms with E-state index in [-0.39, 0.29) is 0 Å². The Morgan fingerprint density at radius 3 is 2.22 bits per heavy atom. The molecule has 1 fully saturated rings. The van der Waals surface area contributed by atoms with Crippen molar-refractivity contribution < 1.29 is 25.2 Å². The Bertz CT molecular complexity index is 765. The molecular weight excluding hydrogens is 344 g/mol. The molecule has 2 aromatic rings. The SMILES string of the molecule is OCC1OC(c2cccc(CC3Cc4ccccc4C3)c2)[C@H](O)[C@@H](O)[C@@H]1O. The minimum Gasteiger partial charge on any atom is -0.394 e. The summed E-state index contributed by atoms with van der Waals surface area (Å²) in [5.41, 5.74) is 4.75. The van der Waals surface area contributed by atoms with Crippen molar-refractivity contribution in [2.75, 3.05) is 6.61 Å². The standard InChI is InChI=1S/C22H26O5/c23-12-18-19(24)20(25)21(26)22(27-18)17-7-3-4-13(9-17)8-14-10-15-5-1-2-6-16(15)11-14/h1-7,9,14,18-26H,8,10-12H2/t18?,19-,20+,21-,22?/m1/s1. The van der Waals surface area contributed by atoms with Crippen LogP contribution in [0.2, 0.25) is 0 Å². The highest BCUT2D eigenvalue weighted by atomic mass is 16.5. The molecule has 27 heavy (non-hydrogen) atoms. The van der Waals surface area contributed by atoms with Gasteiger partial charge in [0.1, 0.15) is 30.5 Å². The van der Waals surface area contributed by atoms with Crippen molar-refractivity contribution in [2.45, 2.75) is 49.8 Å². The van der Waals surface area contributed by atoms with Crippen LogP contribution < -0.4 is 0 Å². The van der Waals surface area contributed by atoms with Gasteiger partial charge in [-0.1, -0.05) is 48.5 Å². The summed E-state index contributed by atoms with van der Waals surface area (Å²) in [4.78, 5) is 0. The Hall–Kier alpha value is -1.76. The minimum atomic E-state index is -1.35. The number of hydrogen-bond donors (Lipinski definition) is 4.